The number of allylic oxidation sites excluding steroid dienone is 1. The maximum Gasteiger partial charge on any atom is 0.267 e. The molecule has 22 heavy (non-hydrogen) atoms. The van der Waals surface area contributed by atoms with Gasteiger partial charge in [-0.25, -0.2) is 9.37 Å². The Morgan fingerprint density at radius 1 is 1.50 bits per heavy atom. The lowest BCUT2D eigenvalue weighted by Crippen LogP contribution is -2.27. The SMILES string of the molecule is C=Cc1nc(CC)n(-c2cccc(F)c2)c(=O)c1/C(Cl)=C\C. The molecule has 0 aliphatic carbocycles. The van der Waals surface area contributed by atoms with E-state index in [9.17, 15) is 9.18 Å². The Morgan fingerprint density at radius 3 is 2.77 bits per heavy atom. The zero-order valence-corrected chi connectivity index (χ0v) is 13.2. The average molecular weight is 319 g/mol. The highest BCUT2D eigenvalue weighted by molar-refractivity contribution is 6.48. The van der Waals surface area contributed by atoms with Crippen LogP contribution in [-0.2, 0) is 6.42 Å². The van der Waals surface area contributed by atoms with E-state index in [2.05, 4.69) is 11.6 Å². The first-order chi connectivity index (χ1) is 10.5. The Morgan fingerprint density at radius 2 is 2.23 bits per heavy atom. The summed E-state index contributed by atoms with van der Waals surface area (Å²) in [5.41, 5.74) is 0.778. The summed E-state index contributed by atoms with van der Waals surface area (Å²) in [6.07, 6.45) is 3.63. The van der Waals surface area contributed by atoms with E-state index in [4.69, 9.17) is 11.6 Å². The molecule has 0 fully saturated rings. The average Bonchev–Trinajstić information content (AvgIpc) is 2.52. The standard InChI is InChI=1S/C17H16ClFN2O/c1-4-13(18)16-14(5-2)20-15(6-3)21(17(16)22)12-9-7-8-11(19)10-12/h4-5,7-10H,2,6H2,1,3H3/b13-4+. The van der Waals surface area contributed by atoms with Crippen LogP contribution >= 0.6 is 11.6 Å². The molecule has 114 valence electrons. The molecule has 0 amide bonds. The Hall–Kier alpha value is -2.20. The minimum Gasteiger partial charge on any atom is -0.268 e. The third-order valence-electron chi connectivity index (χ3n) is 3.25. The molecule has 0 atom stereocenters. The zero-order chi connectivity index (χ0) is 16.3. The first-order valence-corrected chi connectivity index (χ1v) is 7.27. The molecular weight excluding hydrogens is 303 g/mol. The van der Waals surface area contributed by atoms with Gasteiger partial charge in [-0.1, -0.05) is 37.2 Å². The summed E-state index contributed by atoms with van der Waals surface area (Å²) in [7, 11) is 0. The van der Waals surface area contributed by atoms with Gasteiger partial charge in [0.2, 0.25) is 0 Å². The second kappa shape index (κ2) is 6.71. The fourth-order valence-electron chi connectivity index (χ4n) is 2.22. The van der Waals surface area contributed by atoms with Gasteiger partial charge in [-0.3, -0.25) is 9.36 Å². The molecule has 0 radical (unpaired) electrons. The van der Waals surface area contributed by atoms with Crippen LogP contribution in [0.2, 0.25) is 0 Å². The van der Waals surface area contributed by atoms with Crippen LogP contribution in [0.1, 0.15) is 30.9 Å². The quantitative estimate of drug-likeness (QED) is 0.847. The van der Waals surface area contributed by atoms with E-state index in [-0.39, 0.29) is 11.1 Å². The van der Waals surface area contributed by atoms with Crippen LogP contribution in [0.25, 0.3) is 16.8 Å². The molecule has 0 aliphatic heterocycles. The van der Waals surface area contributed by atoms with Crippen molar-refractivity contribution in [1.29, 1.82) is 0 Å². The molecule has 0 unspecified atom stereocenters. The van der Waals surface area contributed by atoms with Gasteiger partial charge in [0.1, 0.15) is 11.6 Å². The summed E-state index contributed by atoms with van der Waals surface area (Å²) in [6, 6.07) is 5.83. The van der Waals surface area contributed by atoms with Crippen molar-refractivity contribution >= 4 is 22.7 Å². The normalized spacial score (nSPS) is 11.5. The minimum absolute atomic E-state index is 0.264. The van der Waals surface area contributed by atoms with Gasteiger partial charge in [0, 0.05) is 6.42 Å². The van der Waals surface area contributed by atoms with Crippen molar-refractivity contribution in [1.82, 2.24) is 9.55 Å². The molecule has 2 aromatic rings. The number of rotatable bonds is 4. The molecule has 3 nitrogen and oxygen atoms in total. The van der Waals surface area contributed by atoms with Crippen molar-refractivity contribution < 1.29 is 4.39 Å². The molecule has 1 aromatic heterocycles. The Bertz CT molecular complexity index is 809. The first kappa shape index (κ1) is 16.2. The molecule has 0 aliphatic rings. The highest BCUT2D eigenvalue weighted by Crippen LogP contribution is 2.21. The fourth-order valence-corrected chi connectivity index (χ4v) is 2.40. The van der Waals surface area contributed by atoms with Crippen LogP contribution < -0.4 is 5.56 Å². The first-order valence-electron chi connectivity index (χ1n) is 6.90. The van der Waals surface area contributed by atoms with Gasteiger partial charge in [0.25, 0.3) is 5.56 Å². The number of halogens is 2. The summed E-state index contributed by atoms with van der Waals surface area (Å²) in [6.45, 7) is 7.29. The Balaban J connectivity index is 2.89. The van der Waals surface area contributed by atoms with E-state index in [1.54, 1.807) is 25.1 Å². The Kier molecular flexibility index (Phi) is 4.93. The largest absolute Gasteiger partial charge is 0.268 e. The highest BCUT2D eigenvalue weighted by atomic mass is 35.5. The number of hydrogen-bond donors (Lipinski definition) is 0. The molecule has 1 heterocycles. The lowest BCUT2D eigenvalue weighted by Gasteiger charge is -2.15. The second-order valence-electron chi connectivity index (χ2n) is 4.60. The lowest BCUT2D eigenvalue weighted by molar-refractivity contribution is 0.625. The fraction of sp³-hybridized carbons (Fsp3) is 0.176. The monoisotopic (exact) mass is 318 g/mol. The van der Waals surface area contributed by atoms with Crippen LogP contribution in [0.5, 0.6) is 0 Å². The molecule has 0 N–H and O–H groups in total. The zero-order valence-electron chi connectivity index (χ0n) is 12.4. The lowest BCUT2D eigenvalue weighted by atomic mass is 10.1. The maximum absolute atomic E-state index is 13.5. The van der Waals surface area contributed by atoms with Gasteiger partial charge in [-0.05, 0) is 31.2 Å². The van der Waals surface area contributed by atoms with Crippen molar-refractivity contribution in [2.75, 3.05) is 0 Å². The van der Waals surface area contributed by atoms with E-state index in [0.29, 0.717) is 28.7 Å². The molecule has 0 bridgehead atoms. The van der Waals surface area contributed by atoms with Crippen LogP contribution in [0.3, 0.4) is 0 Å². The van der Waals surface area contributed by atoms with Crippen molar-refractivity contribution in [2.24, 2.45) is 0 Å². The van der Waals surface area contributed by atoms with E-state index in [0.717, 1.165) is 0 Å². The van der Waals surface area contributed by atoms with Gasteiger partial charge in [0.05, 0.1) is 22.0 Å². The van der Waals surface area contributed by atoms with Gasteiger partial charge in [-0.2, -0.15) is 0 Å². The Labute approximate surface area is 133 Å². The van der Waals surface area contributed by atoms with Crippen LogP contribution in [0.4, 0.5) is 4.39 Å². The van der Waals surface area contributed by atoms with Gasteiger partial charge in [-0.15, -0.1) is 0 Å². The molecule has 5 heteroatoms. The summed E-state index contributed by atoms with van der Waals surface area (Å²) in [5.74, 6) is 0.104. The molecule has 0 saturated heterocycles. The third kappa shape index (κ3) is 2.88. The van der Waals surface area contributed by atoms with Gasteiger partial charge >= 0.3 is 0 Å². The van der Waals surface area contributed by atoms with Gasteiger partial charge in [0.15, 0.2) is 0 Å². The summed E-state index contributed by atoms with van der Waals surface area (Å²) in [4.78, 5) is 17.3. The number of benzene rings is 1. The van der Waals surface area contributed by atoms with E-state index >= 15 is 0 Å². The molecule has 0 saturated carbocycles. The van der Waals surface area contributed by atoms with E-state index in [1.165, 1.54) is 22.8 Å². The number of nitrogens with zero attached hydrogens (tertiary/aromatic N) is 2. The topological polar surface area (TPSA) is 34.9 Å². The smallest absolute Gasteiger partial charge is 0.267 e. The summed E-state index contributed by atoms with van der Waals surface area (Å²) < 4.78 is 14.9. The predicted octanol–water partition coefficient (Wildman–Crippen LogP) is 4.18. The number of aromatic nitrogens is 2. The number of aryl methyl sites for hydroxylation is 1. The third-order valence-corrected chi connectivity index (χ3v) is 3.66. The highest BCUT2D eigenvalue weighted by Gasteiger charge is 2.17. The second-order valence-corrected chi connectivity index (χ2v) is 5.01. The van der Waals surface area contributed by atoms with Crippen LogP contribution in [0.15, 0.2) is 41.7 Å². The summed E-state index contributed by atoms with van der Waals surface area (Å²) >= 11 is 6.15. The van der Waals surface area contributed by atoms with E-state index in [1.807, 2.05) is 6.92 Å². The van der Waals surface area contributed by atoms with Crippen molar-refractivity contribution in [3.05, 3.63) is 70.2 Å². The summed E-state index contributed by atoms with van der Waals surface area (Å²) in [5, 5.41) is 0.292. The molecule has 1 aromatic carbocycles. The predicted molar refractivity (Wildman–Crippen MR) is 88.8 cm³/mol. The van der Waals surface area contributed by atoms with Crippen molar-refractivity contribution in [2.45, 2.75) is 20.3 Å². The molecule has 0 spiro atoms. The van der Waals surface area contributed by atoms with Crippen LogP contribution in [0, 0.1) is 5.82 Å². The van der Waals surface area contributed by atoms with Crippen molar-refractivity contribution in [3.63, 3.8) is 0 Å². The minimum atomic E-state index is -0.419. The van der Waals surface area contributed by atoms with Crippen LogP contribution in [-0.4, -0.2) is 9.55 Å². The molecule has 2 rings (SSSR count). The van der Waals surface area contributed by atoms with E-state index < -0.39 is 5.82 Å². The number of hydrogen-bond acceptors (Lipinski definition) is 2. The molecular formula is C17H16ClFN2O. The van der Waals surface area contributed by atoms with Crippen molar-refractivity contribution in [3.8, 4) is 5.69 Å². The maximum atomic E-state index is 13.5. The van der Waals surface area contributed by atoms with Gasteiger partial charge < -0.3 is 0 Å².